The van der Waals surface area contributed by atoms with Crippen molar-refractivity contribution < 1.29 is 9.53 Å². The number of benzene rings is 1. The Morgan fingerprint density at radius 3 is 2.90 bits per heavy atom. The molecule has 21 heavy (non-hydrogen) atoms. The number of carbonyl (C=O) groups excluding carboxylic acids is 1. The monoisotopic (exact) mass is 310 g/mol. The molecule has 0 heterocycles. The van der Waals surface area contributed by atoms with E-state index in [0.29, 0.717) is 18.3 Å². The van der Waals surface area contributed by atoms with Gasteiger partial charge in [-0.25, -0.2) is 0 Å². The van der Waals surface area contributed by atoms with Crippen LogP contribution in [-0.2, 0) is 16.1 Å². The molecular weight excluding hydrogens is 284 g/mol. The van der Waals surface area contributed by atoms with Crippen molar-refractivity contribution in [3.8, 4) is 0 Å². The Kier molecular flexibility index (Phi) is 9.14. The summed E-state index contributed by atoms with van der Waals surface area (Å²) in [5.41, 5.74) is 1.22. The Morgan fingerprint density at radius 1 is 1.38 bits per heavy atom. The molecule has 4 nitrogen and oxygen atoms in total. The summed E-state index contributed by atoms with van der Waals surface area (Å²) >= 11 is 1.57. The maximum absolute atomic E-state index is 11.7. The van der Waals surface area contributed by atoms with Gasteiger partial charge in [-0.05, 0) is 23.6 Å². The fraction of sp³-hybridized carbons (Fsp3) is 0.562. The van der Waals surface area contributed by atoms with Crippen LogP contribution >= 0.6 is 11.8 Å². The van der Waals surface area contributed by atoms with Crippen LogP contribution in [0.4, 0.5) is 0 Å². The van der Waals surface area contributed by atoms with Crippen LogP contribution in [0.3, 0.4) is 0 Å². The van der Waals surface area contributed by atoms with Gasteiger partial charge in [-0.2, -0.15) is 0 Å². The van der Waals surface area contributed by atoms with Crippen LogP contribution in [0.25, 0.3) is 0 Å². The molecule has 1 aromatic rings. The molecular formula is C16H26N2O2S. The molecule has 0 aromatic heterocycles. The zero-order valence-corrected chi connectivity index (χ0v) is 14.0. The highest BCUT2D eigenvalue weighted by atomic mass is 32.2. The minimum atomic E-state index is 0.0947. The van der Waals surface area contributed by atoms with Crippen LogP contribution in [0, 0.1) is 5.92 Å². The lowest BCUT2D eigenvalue weighted by Crippen LogP contribution is -2.28. The minimum absolute atomic E-state index is 0.0947. The molecule has 0 aliphatic carbocycles. The van der Waals surface area contributed by atoms with E-state index in [1.54, 1.807) is 18.9 Å². The highest BCUT2D eigenvalue weighted by Crippen LogP contribution is 2.18. The quantitative estimate of drug-likeness (QED) is 0.514. The van der Waals surface area contributed by atoms with Gasteiger partial charge in [0.05, 0.1) is 12.4 Å². The highest BCUT2D eigenvalue weighted by molar-refractivity contribution is 8.00. The van der Waals surface area contributed by atoms with Crippen molar-refractivity contribution in [2.45, 2.75) is 25.3 Å². The molecule has 0 atom stereocenters. The number of rotatable bonds is 10. The fourth-order valence-electron chi connectivity index (χ4n) is 1.67. The van der Waals surface area contributed by atoms with E-state index in [0.717, 1.165) is 24.5 Å². The van der Waals surface area contributed by atoms with E-state index in [1.807, 2.05) is 12.1 Å². The summed E-state index contributed by atoms with van der Waals surface area (Å²) in [6, 6.07) is 8.28. The van der Waals surface area contributed by atoms with Crippen LogP contribution in [0.2, 0.25) is 0 Å². The molecule has 0 unspecified atom stereocenters. The number of hydrogen-bond acceptors (Lipinski definition) is 4. The van der Waals surface area contributed by atoms with Gasteiger partial charge in [-0.3, -0.25) is 4.79 Å². The normalized spacial score (nSPS) is 10.9. The Bertz CT molecular complexity index is 424. The molecule has 0 spiro atoms. The van der Waals surface area contributed by atoms with Gasteiger partial charge >= 0.3 is 0 Å². The van der Waals surface area contributed by atoms with E-state index in [1.165, 1.54) is 5.56 Å². The van der Waals surface area contributed by atoms with Crippen LogP contribution in [-0.4, -0.2) is 38.5 Å². The van der Waals surface area contributed by atoms with Crippen molar-refractivity contribution >= 4 is 17.7 Å². The van der Waals surface area contributed by atoms with Crippen molar-refractivity contribution in [1.82, 2.24) is 10.6 Å². The van der Waals surface area contributed by atoms with Gasteiger partial charge in [-0.1, -0.05) is 26.0 Å². The zero-order chi connectivity index (χ0) is 15.5. The number of thioether (sulfide) groups is 1. The number of ether oxygens (including phenoxy) is 1. The van der Waals surface area contributed by atoms with Gasteiger partial charge in [-0.15, -0.1) is 11.8 Å². The molecule has 0 fully saturated rings. The lowest BCUT2D eigenvalue weighted by atomic mass is 10.2. The van der Waals surface area contributed by atoms with Crippen molar-refractivity contribution in [3.63, 3.8) is 0 Å². The number of amides is 1. The third-order valence-corrected chi connectivity index (χ3v) is 3.78. The third kappa shape index (κ3) is 8.75. The first-order valence-electron chi connectivity index (χ1n) is 7.30. The molecule has 1 rings (SSSR count). The number of methoxy groups -OCH3 is 1. The molecule has 5 heteroatoms. The maximum atomic E-state index is 11.7. The summed E-state index contributed by atoms with van der Waals surface area (Å²) in [4.78, 5) is 12.8. The van der Waals surface area contributed by atoms with E-state index in [2.05, 4.69) is 36.6 Å². The second kappa shape index (κ2) is 10.7. The van der Waals surface area contributed by atoms with Gasteiger partial charge < -0.3 is 15.4 Å². The topological polar surface area (TPSA) is 50.4 Å². The SMILES string of the molecule is COCCNCc1cccc(SCC(=O)NCC(C)C)c1. The second-order valence-electron chi connectivity index (χ2n) is 5.30. The van der Waals surface area contributed by atoms with Gasteiger partial charge in [0.25, 0.3) is 0 Å². The van der Waals surface area contributed by atoms with E-state index in [-0.39, 0.29) is 5.91 Å². The van der Waals surface area contributed by atoms with Crippen molar-refractivity contribution in [2.24, 2.45) is 5.92 Å². The molecule has 0 saturated carbocycles. The van der Waals surface area contributed by atoms with E-state index < -0.39 is 0 Å². The molecule has 1 aromatic carbocycles. The van der Waals surface area contributed by atoms with Crippen molar-refractivity contribution in [3.05, 3.63) is 29.8 Å². The standard InChI is InChI=1S/C16H26N2O2S/c1-13(2)10-18-16(19)12-21-15-6-4-5-14(9-15)11-17-7-8-20-3/h4-6,9,13,17H,7-8,10-12H2,1-3H3,(H,18,19). The summed E-state index contributed by atoms with van der Waals surface area (Å²) in [5, 5.41) is 6.24. The summed E-state index contributed by atoms with van der Waals surface area (Å²) in [5.74, 6) is 1.05. The van der Waals surface area contributed by atoms with E-state index in [9.17, 15) is 4.79 Å². The Morgan fingerprint density at radius 2 is 2.19 bits per heavy atom. The summed E-state index contributed by atoms with van der Waals surface area (Å²) in [6.07, 6.45) is 0. The molecule has 0 radical (unpaired) electrons. The maximum Gasteiger partial charge on any atom is 0.230 e. The van der Waals surface area contributed by atoms with E-state index >= 15 is 0 Å². The van der Waals surface area contributed by atoms with E-state index in [4.69, 9.17) is 4.74 Å². The van der Waals surface area contributed by atoms with Crippen LogP contribution in [0.5, 0.6) is 0 Å². The summed E-state index contributed by atoms with van der Waals surface area (Å²) in [6.45, 7) is 7.29. The summed E-state index contributed by atoms with van der Waals surface area (Å²) < 4.78 is 5.00. The lowest BCUT2D eigenvalue weighted by Gasteiger charge is -2.08. The molecule has 0 bridgehead atoms. The van der Waals surface area contributed by atoms with Crippen molar-refractivity contribution in [2.75, 3.05) is 32.6 Å². The second-order valence-corrected chi connectivity index (χ2v) is 6.35. The van der Waals surface area contributed by atoms with Crippen LogP contribution in [0.15, 0.2) is 29.2 Å². The Labute approximate surface area is 132 Å². The third-order valence-electron chi connectivity index (χ3n) is 2.79. The van der Waals surface area contributed by atoms with Gasteiger partial charge in [0, 0.05) is 31.6 Å². The molecule has 118 valence electrons. The largest absolute Gasteiger partial charge is 0.383 e. The van der Waals surface area contributed by atoms with Gasteiger partial charge in [0.1, 0.15) is 0 Å². The molecule has 0 aliphatic heterocycles. The zero-order valence-electron chi connectivity index (χ0n) is 13.1. The number of hydrogen-bond donors (Lipinski definition) is 2. The van der Waals surface area contributed by atoms with Crippen LogP contribution in [0.1, 0.15) is 19.4 Å². The first-order valence-corrected chi connectivity index (χ1v) is 8.28. The Balaban J connectivity index is 2.33. The molecule has 0 saturated heterocycles. The average Bonchev–Trinajstić information content (AvgIpc) is 2.48. The molecule has 0 aliphatic rings. The average molecular weight is 310 g/mol. The van der Waals surface area contributed by atoms with Crippen LogP contribution < -0.4 is 10.6 Å². The predicted octanol–water partition coefficient (Wildman–Crippen LogP) is 2.29. The van der Waals surface area contributed by atoms with Crippen molar-refractivity contribution in [1.29, 1.82) is 0 Å². The minimum Gasteiger partial charge on any atom is -0.383 e. The Hall–Kier alpha value is -1.04. The fourth-order valence-corrected chi connectivity index (χ4v) is 2.48. The predicted molar refractivity (Wildman–Crippen MR) is 88.6 cm³/mol. The number of carbonyl (C=O) groups is 1. The first-order chi connectivity index (χ1) is 10.1. The molecule has 2 N–H and O–H groups in total. The number of nitrogens with one attached hydrogen (secondary N) is 2. The highest BCUT2D eigenvalue weighted by Gasteiger charge is 2.04. The van der Waals surface area contributed by atoms with Gasteiger partial charge in [0.2, 0.25) is 5.91 Å². The first kappa shape index (κ1) is 18.0. The lowest BCUT2D eigenvalue weighted by molar-refractivity contribution is -0.118. The van der Waals surface area contributed by atoms with Gasteiger partial charge in [0.15, 0.2) is 0 Å². The molecule has 1 amide bonds. The smallest absolute Gasteiger partial charge is 0.230 e. The summed E-state index contributed by atoms with van der Waals surface area (Å²) in [7, 11) is 1.70.